The summed E-state index contributed by atoms with van der Waals surface area (Å²) in [7, 11) is 1.98. The molecule has 4 heteroatoms. The Kier molecular flexibility index (Phi) is 4.41. The third kappa shape index (κ3) is 3.08. The highest BCUT2D eigenvalue weighted by Crippen LogP contribution is 2.26. The van der Waals surface area contributed by atoms with E-state index in [0.717, 1.165) is 17.9 Å². The Morgan fingerprint density at radius 1 is 1.56 bits per heavy atom. The van der Waals surface area contributed by atoms with Crippen LogP contribution in [0.3, 0.4) is 0 Å². The normalized spacial score (nSPS) is 16.7. The first-order chi connectivity index (χ1) is 7.79. The second-order valence-corrected chi connectivity index (χ2v) is 5.37. The number of halogens is 1. The van der Waals surface area contributed by atoms with Gasteiger partial charge in [0.1, 0.15) is 0 Å². The Morgan fingerprint density at radius 2 is 2.38 bits per heavy atom. The van der Waals surface area contributed by atoms with Gasteiger partial charge in [0.15, 0.2) is 0 Å². The molecule has 2 rings (SSSR count). The fourth-order valence-electron chi connectivity index (χ4n) is 2.16. The summed E-state index contributed by atoms with van der Waals surface area (Å²) >= 11 is 3.51. The second kappa shape index (κ2) is 5.82. The summed E-state index contributed by atoms with van der Waals surface area (Å²) in [5.41, 5.74) is 1.20. The molecule has 0 aliphatic heterocycles. The molecule has 0 radical (unpaired) electrons. The summed E-state index contributed by atoms with van der Waals surface area (Å²) in [4.78, 5) is 2.59. The summed E-state index contributed by atoms with van der Waals surface area (Å²) in [6.45, 7) is 2.20. The van der Waals surface area contributed by atoms with Crippen LogP contribution in [0.4, 0.5) is 0 Å². The van der Waals surface area contributed by atoms with Crippen LogP contribution in [0.2, 0.25) is 0 Å². The first-order valence-corrected chi connectivity index (χ1v) is 7.20. The third-order valence-electron chi connectivity index (χ3n) is 3.30. The summed E-state index contributed by atoms with van der Waals surface area (Å²) in [6.07, 6.45) is 7.39. The van der Waals surface area contributed by atoms with Crippen molar-refractivity contribution in [2.45, 2.75) is 38.3 Å². The van der Waals surface area contributed by atoms with Crippen molar-refractivity contribution in [1.29, 1.82) is 0 Å². The molecule has 1 heterocycles. The van der Waals surface area contributed by atoms with Gasteiger partial charge in [-0.2, -0.15) is 5.10 Å². The fourth-order valence-corrected chi connectivity index (χ4v) is 2.41. The standard InChI is InChI=1S/C12H20BrN3/c1-15-9-6-11(14-15)10-16(8-3-7-13)12-4-2-5-12/h6,9,12H,2-5,7-8,10H2,1H3. The monoisotopic (exact) mass is 285 g/mol. The Labute approximate surface area is 106 Å². The molecule has 1 aliphatic carbocycles. The average Bonchev–Trinajstić information content (AvgIpc) is 2.58. The first kappa shape index (κ1) is 12.1. The van der Waals surface area contributed by atoms with E-state index in [0.29, 0.717) is 0 Å². The van der Waals surface area contributed by atoms with Gasteiger partial charge in [-0.3, -0.25) is 9.58 Å². The molecule has 0 spiro atoms. The van der Waals surface area contributed by atoms with E-state index >= 15 is 0 Å². The molecule has 0 amide bonds. The molecule has 0 N–H and O–H groups in total. The summed E-state index contributed by atoms with van der Waals surface area (Å²) in [5.74, 6) is 0. The van der Waals surface area contributed by atoms with Crippen LogP contribution in [-0.4, -0.2) is 32.6 Å². The minimum atomic E-state index is 0.807. The lowest BCUT2D eigenvalue weighted by molar-refractivity contribution is 0.118. The fraction of sp³-hybridized carbons (Fsp3) is 0.750. The van der Waals surface area contributed by atoms with Crippen molar-refractivity contribution >= 4 is 15.9 Å². The zero-order chi connectivity index (χ0) is 11.4. The molecule has 0 saturated heterocycles. The molecule has 1 aromatic heterocycles. The highest BCUT2D eigenvalue weighted by molar-refractivity contribution is 9.09. The van der Waals surface area contributed by atoms with Gasteiger partial charge in [-0.05, 0) is 31.9 Å². The average molecular weight is 286 g/mol. The number of aryl methyl sites for hydroxylation is 1. The molecule has 0 aromatic carbocycles. The van der Waals surface area contributed by atoms with Crippen molar-refractivity contribution in [1.82, 2.24) is 14.7 Å². The Morgan fingerprint density at radius 3 is 2.88 bits per heavy atom. The lowest BCUT2D eigenvalue weighted by Crippen LogP contribution is -2.40. The Balaban J connectivity index is 1.90. The van der Waals surface area contributed by atoms with Crippen molar-refractivity contribution in [3.63, 3.8) is 0 Å². The van der Waals surface area contributed by atoms with Gasteiger partial charge in [0.05, 0.1) is 5.69 Å². The van der Waals surface area contributed by atoms with Gasteiger partial charge >= 0.3 is 0 Å². The van der Waals surface area contributed by atoms with Crippen LogP contribution in [0.15, 0.2) is 12.3 Å². The molecule has 1 aliphatic rings. The van der Waals surface area contributed by atoms with Crippen molar-refractivity contribution in [2.75, 3.05) is 11.9 Å². The molecular weight excluding hydrogens is 266 g/mol. The molecule has 3 nitrogen and oxygen atoms in total. The van der Waals surface area contributed by atoms with Crippen LogP contribution in [0.5, 0.6) is 0 Å². The molecule has 0 atom stereocenters. The van der Waals surface area contributed by atoms with E-state index in [1.165, 1.54) is 37.9 Å². The van der Waals surface area contributed by atoms with E-state index in [-0.39, 0.29) is 0 Å². The highest BCUT2D eigenvalue weighted by Gasteiger charge is 2.24. The Bertz CT molecular complexity index is 320. The van der Waals surface area contributed by atoms with Crippen molar-refractivity contribution < 1.29 is 0 Å². The van der Waals surface area contributed by atoms with Crippen LogP contribution in [0.25, 0.3) is 0 Å². The molecule has 1 fully saturated rings. The molecule has 0 bridgehead atoms. The van der Waals surface area contributed by atoms with Crippen LogP contribution >= 0.6 is 15.9 Å². The van der Waals surface area contributed by atoms with Gasteiger partial charge in [-0.1, -0.05) is 22.4 Å². The van der Waals surface area contributed by atoms with Gasteiger partial charge in [0.25, 0.3) is 0 Å². The van der Waals surface area contributed by atoms with Crippen molar-refractivity contribution in [3.05, 3.63) is 18.0 Å². The molecular formula is C12H20BrN3. The Hall–Kier alpha value is -0.350. The van der Waals surface area contributed by atoms with E-state index in [9.17, 15) is 0 Å². The molecule has 1 aromatic rings. The molecule has 90 valence electrons. The lowest BCUT2D eigenvalue weighted by Gasteiger charge is -2.37. The maximum absolute atomic E-state index is 4.46. The molecule has 16 heavy (non-hydrogen) atoms. The van der Waals surface area contributed by atoms with Gasteiger partial charge in [0.2, 0.25) is 0 Å². The van der Waals surface area contributed by atoms with Gasteiger partial charge in [0, 0.05) is 31.2 Å². The molecule has 1 saturated carbocycles. The predicted molar refractivity (Wildman–Crippen MR) is 69.7 cm³/mol. The van der Waals surface area contributed by atoms with Gasteiger partial charge < -0.3 is 0 Å². The number of hydrogen-bond acceptors (Lipinski definition) is 2. The number of hydrogen-bond donors (Lipinski definition) is 0. The van der Waals surface area contributed by atoms with Crippen LogP contribution in [0.1, 0.15) is 31.4 Å². The topological polar surface area (TPSA) is 21.1 Å². The van der Waals surface area contributed by atoms with Crippen molar-refractivity contribution in [2.24, 2.45) is 7.05 Å². The summed E-state index contributed by atoms with van der Waals surface area (Å²) in [6, 6.07) is 2.93. The number of aromatic nitrogens is 2. The number of alkyl halides is 1. The molecule has 0 unspecified atom stereocenters. The van der Waals surface area contributed by atoms with Crippen molar-refractivity contribution in [3.8, 4) is 0 Å². The van der Waals surface area contributed by atoms with E-state index < -0.39 is 0 Å². The smallest absolute Gasteiger partial charge is 0.0764 e. The quantitative estimate of drug-likeness (QED) is 0.749. The van der Waals surface area contributed by atoms with Gasteiger partial charge in [-0.15, -0.1) is 0 Å². The first-order valence-electron chi connectivity index (χ1n) is 6.08. The number of nitrogens with zero attached hydrogens (tertiary/aromatic N) is 3. The minimum Gasteiger partial charge on any atom is -0.294 e. The minimum absolute atomic E-state index is 0.807. The van der Waals surface area contributed by atoms with Crippen LogP contribution < -0.4 is 0 Å². The van der Waals surface area contributed by atoms with E-state index in [4.69, 9.17) is 0 Å². The maximum Gasteiger partial charge on any atom is 0.0764 e. The third-order valence-corrected chi connectivity index (χ3v) is 3.86. The van der Waals surface area contributed by atoms with E-state index in [1.54, 1.807) is 0 Å². The van der Waals surface area contributed by atoms with E-state index in [2.05, 4.69) is 32.0 Å². The lowest BCUT2D eigenvalue weighted by atomic mass is 9.91. The predicted octanol–water partition coefficient (Wildman–Crippen LogP) is 2.56. The SMILES string of the molecule is Cn1ccc(CN(CCCBr)C2CCC2)n1. The van der Waals surface area contributed by atoms with E-state index in [1.807, 2.05) is 17.9 Å². The number of rotatable bonds is 6. The van der Waals surface area contributed by atoms with Crippen LogP contribution in [0, 0.1) is 0 Å². The second-order valence-electron chi connectivity index (χ2n) is 4.58. The largest absolute Gasteiger partial charge is 0.294 e. The zero-order valence-corrected chi connectivity index (χ0v) is 11.5. The van der Waals surface area contributed by atoms with Crippen LogP contribution in [-0.2, 0) is 13.6 Å². The summed E-state index contributed by atoms with van der Waals surface area (Å²) in [5, 5.41) is 5.56. The van der Waals surface area contributed by atoms with Gasteiger partial charge in [-0.25, -0.2) is 0 Å². The zero-order valence-electron chi connectivity index (χ0n) is 9.90. The summed E-state index contributed by atoms with van der Waals surface area (Å²) < 4.78 is 1.89. The maximum atomic E-state index is 4.46. The highest BCUT2D eigenvalue weighted by atomic mass is 79.9.